The Bertz CT molecular complexity index is 797. The summed E-state index contributed by atoms with van der Waals surface area (Å²) in [6.07, 6.45) is 0. The molecule has 0 atom stereocenters. The Morgan fingerprint density at radius 3 is 2.54 bits per heavy atom. The second-order valence-corrected chi connectivity index (χ2v) is 5.79. The first-order chi connectivity index (χ1) is 11.5. The van der Waals surface area contributed by atoms with Crippen LogP contribution in [0.5, 0.6) is 0 Å². The summed E-state index contributed by atoms with van der Waals surface area (Å²) in [6.45, 7) is 3.81. The lowest BCUT2D eigenvalue weighted by atomic mass is 10.2. The molecule has 1 aromatic heterocycles. The lowest BCUT2D eigenvalue weighted by Crippen LogP contribution is -2.50. The van der Waals surface area contributed by atoms with Crippen LogP contribution >= 0.6 is 0 Å². The van der Waals surface area contributed by atoms with Gasteiger partial charge >= 0.3 is 0 Å². The van der Waals surface area contributed by atoms with Gasteiger partial charge in [0.1, 0.15) is 12.4 Å². The lowest BCUT2D eigenvalue weighted by molar-refractivity contribution is -0.132. The van der Waals surface area contributed by atoms with Gasteiger partial charge in [0.25, 0.3) is 5.56 Å². The number of aromatic nitrogens is 2. The van der Waals surface area contributed by atoms with Gasteiger partial charge in [-0.3, -0.25) is 9.59 Å². The van der Waals surface area contributed by atoms with E-state index in [-0.39, 0.29) is 23.8 Å². The van der Waals surface area contributed by atoms with E-state index >= 15 is 0 Å². The predicted molar refractivity (Wildman–Crippen MR) is 88.4 cm³/mol. The van der Waals surface area contributed by atoms with Crippen molar-refractivity contribution in [3.8, 4) is 0 Å². The number of carbonyl (C=O) groups excluding carboxylic acids is 1. The summed E-state index contributed by atoms with van der Waals surface area (Å²) in [6, 6.07) is 9.66. The van der Waals surface area contributed by atoms with Crippen molar-refractivity contribution >= 4 is 11.6 Å². The van der Waals surface area contributed by atoms with Crippen LogP contribution in [0.4, 0.5) is 10.1 Å². The lowest BCUT2D eigenvalue weighted by Gasteiger charge is -2.36. The predicted octanol–water partition coefficient (Wildman–Crippen LogP) is 1.04. The number of hydrogen-bond donors (Lipinski definition) is 0. The van der Waals surface area contributed by atoms with E-state index in [9.17, 15) is 14.0 Å². The van der Waals surface area contributed by atoms with Crippen molar-refractivity contribution in [3.05, 3.63) is 58.3 Å². The van der Waals surface area contributed by atoms with Gasteiger partial charge in [-0.1, -0.05) is 12.1 Å². The van der Waals surface area contributed by atoms with Crippen molar-refractivity contribution in [2.24, 2.45) is 0 Å². The molecule has 1 amide bonds. The molecule has 0 spiro atoms. The molecule has 0 aliphatic carbocycles. The summed E-state index contributed by atoms with van der Waals surface area (Å²) in [5.74, 6) is -0.406. The summed E-state index contributed by atoms with van der Waals surface area (Å²) in [5, 5.41) is 4.08. The zero-order valence-corrected chi connectivity index (χ0v) is 13.5. The minimum atomic E-state index is -0.293. The third kappa shape index (κ3) is 3.45. The second-order valence-electron chi connectivity index (χ2n) is 5.79. The molecule has 0 radical (unpaired) electrons. The average molecular weight is 330 g/mol. The molecule has 2 aromatic rings. The van der Waals surface area contributed by atoms with E-state index in [0.717, 1.165) is 0 Å². The van der Waals surface area contributed by atoms with Crippen LogP contribution in [0, 0.1) is 12.7 Å². The molecule has 6 nitrogen and oxygen atoms in total. The summed E-state index contributed by atoms with van der Waals surface area (Å²) < 4.78 is 15.0. The van der Waals surface area contributed by atoms with Gasteiger partial charge in [0.15, 0.2) is 0 Å². The fourth-order valence-corrected chi connectivity index (χ4v) is 2.80. The smallest absolute Gasteiger partial charge is 0.267 e. The van der Waals surface area contributed by atoms with Gasteiger partial charge in [0.05, 0.1) is 11.4 Å². The van der Waals surface area contributed by atoms with E-state index < -0.39 is 0 Å². The van der Waals surface area contributed by atoms with Crippen LogP contribution in [0.25, 0.3) is 0 Å². The quantitative estimate of drug-likeness (QED) is 0.844. The maximum atomic E-state index is 13.8. The molecule has 7 heteroatoms. The zero-order chi connectivity index (χ0) is 17.1. The third-order valence-electron chi connectivity index (χ3n) is 4.11. The maximum absolute atomic E-state index is 13.8. The first-order valence-electron chi connectivity index (χ1n) is 7.86. The number of benzene rings is 1. The number of piperazine rings is 1. The van der Waals surface area contributed by atoms with Crippen molar-refractivity contribution in [1.29, 1.82) is 0 Å². The number of aryl methyl sites for hydroxylation is 1. The van der Waals surface area contributed by atoms with Gasteiger partial charge in [-0.25, -0.2) is 9.07 Å². The Hall–Kier alpha value is -2.70. The van der Waals surface area contributed by atoms with E-state index in [1.165, 1.54) is 16.8 Å². The molecule has 24 heavy (non-hydrogen) atoms. The molecule has 0 N–H and O–H groups in total. The molecule has 2 heterocycles. The first kappa shape index (κ1) is 16.2. The third-order valence-corrected chi connectivity index (χ3v) is 4.11. The minimum Gasteiger partial charge on any atom is -0.366 e. The molecule has 1 aromatic carbocycles. The molecule has 3 rings (SSSR count). The van der Waals surface area contributed by atoms with Crippen LogP contribution < -0.4 is 10.5 Å². The topological polar surface area (TPSA) is 58.4 Å². The standard InChI is InChI=1S/C17H19FN4O2/c1-13-6-7-16(23)22(19-13)12-17(24)21-10-8-20(9-11-21)15-5-3-2-4-14(15)18/h2-7H,8-12H2,1H3. The Balaban J connectivity index is 1.62. The molecule has 1 aliphatic heterocycles. The van der Waals surface area contributed by atoms with Crippen molar-refractivity contribution in [1.82, 2.24) is 14.7 Å². The van der Waals surface area contributed by atoms with Crippen molar-refractivity contribution in [3.63, 3.8) is 0 Å². The van der Waals surface area contributed by atoms with Gasteiger partial charge in [0, 0.05) is 32.2 Å². The van der Waals surface area contributed by atoms with Crippen LogP contribution in [0.3, 0.4) is 0 Å². The monoisotopic (exact) mass is 330 g/mol. The normalized spacial score (nSPS) is 14.8. The average Bonchev–Trinajstić information content (AvgIpc) is 2.59. The van der Waals surface area contributed by atoms with Gasteiger partial charge in [-0.05, 0) is 25.1 Å². The Morgan fingerprint density at radius 2 is 1.83 bits per heavy atom. The number of rotatable bonds is 3. The number of halogens is 1. The van der Waals surface area contributed by atoms with Crippen LogP contribution in [-0.2, 0) is 11.3 Å². The highest BCUT2D eigenvalue weighted by Gasteiger charge is 2.23. The summed E-state index contributed by atoms with van der Waals surface area (Å²) in [7, 11) is 0. The number of amides is 1. The SMILES string of the molecule is Cc1ccc(=O)n(CC(=O)N2CCN(c3ccccc3F)CC2)n1. The molecule has 1 saturated heterocycles. The molecular weight excluding hydrogens is 311 g/mol. The number of carbonyl (C=O) groups is 1. The minimum absolute atomic E-state index is 0.0692. The molecule has 1 aliphatic rings. The Labute approximate surface area is 139 Å². The van der Waals surface area contributed by atoms with Gasteiger partial charge in [0.2, 0.25) is 5.91 Å². The fourth-order valence-electron chi connectivity index (χ4n) is 2.80. The first-order valence-corrected chi connectivity index (χ1v) is 7.86. The summed E-state index contributed by atoms with van der Waals surface area (Å²) in [5.41, 5.74) is 0.951. The fraction of sp³-hybridized carbons (Fsp3) is 0.353. The molecule has 0 bridgehead atoms. The van der Waals surface area contributed by atoms with Crippen LogP contribution in [0.1, 0.15) is 5.69 Å². The van der Waals surface area contributed by atoms with E-state index in [1.807, 2.05) is 4.90 Å². The highest BCUT2D eigenvalue weighted by Crippen LogP contribution is 2.20. The van der Waals surface area contributed by atoms with Crippen molar-refractivity contribution < 1.29 is 9.18 Å². The summed E-state index contributed by atoms with van der Waals surface area (Å²) in [4.78, 5) is 27.7. The number of hydrogen-bond acceptors (Lipinski definition) is 4. The number of anilines is 1. The number of nitrogens with zero attached hydrogens (tertiary/aromatic N) is 4. The van der Waals surface area contributed by atoms with E-state index in [1.54, 1.807) is 36.1 Å². The molecular formula is C17H19FN4O2. The highest BCUT2D eigenvalue weighted by molar-refractivity contribution is 5.76. The highest BCUT2D eigenvalue weighted by atomic mass is 19.1. The second kappa shape index (κ2) is 6.82. The van der Waals surface area contributed by atoms with Crippen LogP contribution in [-0.4, -0.2) is 46.8 Å². The van der Waals surface area contributed by atoms with Crippen molar-refractivity contribution in [2.75, 3.05) is 31.1 Å². The summed E-state index contributed by atoms with van der Waals surface area (Å²) >= 11 is 0. The van der Waals surface area contributed by atoms with E-state index in [0.29, 0.717) is 37.6 Å². The molecule has 0 saturated carbocycles. The van der Waals surface area contributed by atoms with E-state index in [2.05, 4.69) is 5.10 Å². The maximum Gasteiger partial charge on any atom is 0.267 e. The Morgan fingerprint density at radius 1 is 1.12 bits per heavy atom. The van der Waals surface area contributed by atoms with E-state index in [4.69, 9.17) is 0 Å². The largest absolute Gasteiger partial charge is 0.366 e. The van der Waals surface area contributed by atoms with Crippen LogP contribution in [0.2, 0.25) is 0 Å². The molecule has 1 fully saturated rings. The zero-order valence-electron chi connectivity index (χ0n) is 13.5. The Kier molecular flexibility index (Phi) is 4.59. The van der Waals surface area contributed by atoms with Gasteiger partial charge in [-0.2, -0.15) is 5.10 Å². The number of para-hydroxylation sites is 1. The van der Waals surface area contributed by atoms with Crippen LogP contribution in [0.15, 0.2) is 41.2 Å². The van der Waals surface area contributed by atoms with Gasteiger partial charge < -0.3 is 9.80 Å². The van der Waals surface area contributed by atoms with Crippen molar-refractivity contribution in [2.45, 2.75) is 13.5 Å². The molecule has 0 unspecified atom stereocenters. The molecule has 126 valence electrons. The van der Waals surface area contributed by atoms with Gasteiger partial charge in [-0.15, -0.1) is 0 Å².